The Labute approximate surface area is 147 Å². The highest BCUT2D eigenvalue weighted by atomic mass is 16.2. The van der Waals surface area contributed by atoms with Crippen LogP contribution < -0.4 is 5.32 Å². The molecule has 1 N–H and O–H groups in total. The number of nitrogens with one attached hydrogen (secondary N) is 1. The molecule has 1 saturated heterocycles. The van der Waals surface area contributed by atoms with E-state index in [0.717, 1.165) is 12.0 Å². The second-order valence-electron chi connectivity index (χ2n) is 6.66. The third-order valence-electron chi connectivity index (χ3n) is 4.31. The summed E-state index contributed by atoms with van der Waals surface area (Å²) in [7, 11) is 0. The molecule has 25 heavy (non-hydrogen) atoms. The van der Waals surface area contributed by atoms with Crippen molar-refractivity contribution in [2.24, 2.45) is 5.92 Å². The van der Waals surface area contributed by atoms with Crippen LogP contribution in [0.25, 0.3) is 0 Å². The summed E-state index contributed by atoms with van der Waals surface area (Å²) in [5.41, 5.74) is 1.66. The molecular weight excluding hydrogens is 318 g/mol. The minimum Gasteiger partial charge on any atom is -0.330 e. The van der Waals surface area contributed by atoms with Gasteiger partial charge >= 0.3 is 0 Å². The molecule has 0 aromatic carbocycles. The molecule has 2 aromatic rings. The highest BCUT2D eigenvalue weighted by Gasteiger charge is 2.35. The molecule has 2 amide bonds. The van der Waals surface area contributed by atoms with Gasteiger partial charge < -0.3 is 10.2 Å². The van der Waals surface area contributed by atoms with Gasteiger partial charge in [-0.3, -0.25) is 19.3 Å². The van der Waals surface area contributed by atoms with Crippen LogP contribution in [-0.4, -0.2) is 44.1 Å². The molecule has 1 atom stereocenters. The van der Waals surface area contributed by atoms with Gasteiger partial charge in [-0.1, -0.05) is 19.9 Å². The lowest BCUT2D eigenvalue weighted by Crippen LogP contribution is -2.47. The van der Waals surface area contributed by atoms with Crippen LogP contribution in [0.3, 0.4) is 0 Å². The van der Waals surface area contributed by atoms with Crippen LogP contribution in [0.15, 0.2) is 36.9 Å². The number of aromatic nitrogens is 3. The number of rotatable bonds is 6. The summed E-state index contributed by atoms with van der Waals surface area (Å²) in [6.45, 7) is 5.15. The first-order chi connectivity index (χ1) is 12.0. The van der Waals surface area contributed by atoms with Gasteiger partial charge in [0.25, 0.3) is 0 Å². The lowest BCUT2D eigenvalue weighted by Gasteiger charge is -2.29. The number of nitrogens with zero attached hydrogens (tertiary/aromatic N) is 4. The third-order valence-corrected chi connectivity index (χ3v) is 4.31. The van der Waals surface area contributed by atoms with Crippen molar-refractivity contribution in [1.82, 2.24) is 19.7 Å². The first-order valence-corrected chi connectivity index (χ1v) is 8.56. The summed E-state index contributed by atoms with van der Waals surface area (Å²) in [6.07, 6.45) is 8.27. The molecule has 2 aromatic heterocycles. The van der Waals surface area contributed by atoms with Crippen molar-refractivity contribution < 1.29 is 9.59 Å². The summed E-state index contributed by atoms with van der Waals surface area (Å²) in [5, 5.41) is 7.17. The molecule has 0 bridgehead atoms. The molecule has 0 radical (unpaired) electrons. The van der Waals surface area contributed by atoms with Crippen molar-refractivity contribution in [2.75, 3.05) is 11.9 Å². The Kier molecular flexibility index (Phi) is 5.11. The lowest BCUT2D eigenvalue weighted by atomic mass is 10.0. The fourth-order valence-electron chi connectivity index (χ4n) is 3.18. The summed E-state index contributed by atoms with van der Waals surface area (Å²) in [4.78, 5) is 30.5. The van der Waals surface area contributed by atoms with Crippen molar-refractivity contribution >= 4 is 17.5 Å². The maximum atomic E-state index is 12.7. The average molecular weight is 341 g/mol. The Hall–Kier alpha value is -2.70. The SMILES string of the molecule is CC(C)[C@@H](C(=O)Nc1cnn(Cc2cccnc2)c1)N1CCCC1=O. The maximum Gasteiger partial charge on any atom is 0.247 e. The van der Waals surface area contributed by atoms with Crippen molar-refractivity contribution in [2.45, 2.75) is 39.3 Å². The van der Waals surface area contributed by atoms with Crippen molar-refractivity contribution in [1.29, 1.82) is 0 Å². The van der Waals surface area contributed by atoms with Crippen molar-refractivity contribution in [3.63, 3.8) is 0 Å². The predicted molar refractivity (Wildman–Crippen MR) is 93.8 cm³/mol. The van der Waals surface area contributed by atoms with Crippen molar-refractivity contribution in [3.05, 3.63) is 42.5 Å². The van der Waals surface area contributed by atoms with Crippen LogP contribution in [0.1, 0.15) is 32.3 Å². The average Bonchev–Trinajstić information content (AvgIpc) is 3.18. The fourth-order valence-corrected chi connectivity index (χ4v) is 3.18. The van der Waals surface area contributed by atoms with E-state index in [-0.39, 0.29) is 17.7 Å². The number of carbonyl (C=O) groups excluding carboxylic acids is 2. The van der Waals surface area contributed by atoms with Gasteiger partial charge in [0.2, 0.25) is 11.8 Å². The number of hydrogen-bond donors (Lipinski definition) is 1. The molecule has 7 heteroatoms. The van der Waals surface area contributed by atoms with Gasteiger partial charge in [-0.05, 0) is 24.0 Å². The summed E-state index contributed by atoms with van der Waals surface area (Å²) < 4.78 is 1.75. The molecular formula is C18H23N5O2. The minimum atomic E-state index is -0.448. The fraction of sp³-hybridized carbons (Fsp3) is 0.444. The molecule has 1 aliphatic rings. The van der Waals surface area contributed by atoms with Gasteiger partial charge in [-0.25, -0.2) is 0 Å². The van der Waals surface area contributed by atoms with E-state index in [1.54, 1.807) is 34.4 Å². The van der Waals surface area contributed by atoms with Gasteiger partial charge in [0, 0.05) is 31.6 Å². The standard InChI is InChI=1S/C18H23N5O2/c1-13(2)17(23-8-4-6-16(23)24)18(25)21-15-10-20-22(12-15)11-14-5-3-7-19-9-14/h3,5,7,9-10,12-13,17H,4,6,8,11H2,1-2H3,(H,21,25)/t17-/m0/s1. The van der Waals surface area contributed by atoms with Gasteiger partial charge in [0.05, 0.1) is 18.4 Å². The number of amides is 2. The van der Waals surface area contributed by atoms with Crippen LogP contribution in [0.2, 0.25) is 0 Å². The number of anilines is 1. The smallest absolute Gasteiger partial charge is 0.247 e. The highest BCUT2D eigenvalue weighted by Crippen LogP contribution is 2.20. The molecule has 0 aliphatic carbocycles. The topological polar surface area (TPSA) is 80.1 Å². The summed E-state index contributed by atoms with van der Waals surface area (Å²) >= 11 is 0. The second kappa shape index (κ2) is 7.46. The molecule has 0 saturated carbocycles. The number of likely N-dealkylation sites (tertiary alicyclic amines) is 1. The number of carbonyl (C=O) groups is 2. The van der Waals surface area contributed by atoms with Crippen molar-refractivity contribution in [3.8, 4) is 0 Å². The van der Waals surface area contributed by atoms with Crippen LogP contribution in [-0.2, 0) is 16.1 Å². The number of hydrogen-bond acceptors (Lipinski definition) is 4. The van der Waals surface area contributed by atoms with Gasteiger partial charge in [-0.2, -0.15) is 5.10 Å². The maximum absolute atomic E-state index is 12.7. The largest absolute Gasteiger partial charge is 0.330 e. The third kappa shape index (κ3) is 4.04. The van der Waals surface area contributed by atoms with Gasteiger partial charge in [0.15, 0.2) is 0 Å². The zero-order valence-corrected chi connectivity index (χ0v) is 14.6. The Morgan fingerprint density at radius 2 is 2.20 bits per heavy atom. The van der Waals surface area contributed by atoms with E-state index in [0.29, 0.717) is 25.2 Å². The van der Waals surface area contributed by atoms with Crippen LogP contribution >= 0.6 is 0 Å². The first-order valence-electron chi connectivity index (χ1n) is 8.56. The van der Waals surface area contributed by atoms with Crippen LogP contribution in [0.5, 0.6) is 0 Å². The Morgan fingerprint density at radius 3 is 2.84 bits per heavy atom. The zero-order chi connectivity index (χ0) is 17.8. The molecule has 3 heterocycles. The van der Waals surface area contributed by atoms with E-state index in [9.17, 15) is 9.59 Å². The monoisotopic (exact) mass is 341 g/mol. The molecule has 7 nitrogen and oxygen atoms in total. The van der Waals surface area contributed by atoms with E-state index in [1.807, 2.05) is 26.0 Å². The second-order valence-corrected chi connectivity index (χ2v) is 6.66. The van der Waals surface area contributed by atoms with Crippen LogP contribution in [0.4, 0.5) is 5.69 Å². The first kappa shape index (κ1) is 17.1. The summed E-state index contributed by atoms with van der Waals surface area (Å²) in [5.74, 6) is -0.0558. The molecule has 1 fully saturated rings. The van der Waals surface area contributed by atoms with E-state index in [4.69, 9.17) is 0 Å². The Morgan fingerprint density at radius 1 is 1.36 bits per heavy atom. The molecule has 1 aliphatic heterocycles. The normalized spacial score (nSPS) is 15.6. The quantitative estimate of drug-likeness (QED) is 0.870. The number of pyridine rings is 1. The van der Waals surface area contributed by atoms with Crippen LogP contribution in [0, 0.1) is 5.92 Å². The highest BCUT2D eigenvalue weighted by molar-refractivity contribution is 5.97. The Balaban J connectivity index is 1.66. The molecule has 0 spiro atoms. The molecule has 0 unspecified atom stereocenters. The lowest BCUT2D eigenvalue weighted by molar-refractivity contribution is -0.136. The van der Waals surface area contributed by atoms with E-state index in [2.05, 4.69) is 15.4 Å². The minimum absolute atomic E-state index is 0.0486. The van der Waals surface area contributed by atoms with E-state index in [1.165, 1.54) is 0 Å². The van der Waals surface area contributed by atoms with E-state index < -0.39 is 6.04 Å². The molecule has 132 valence electrons. The summed E-state index contributed by atoms with van der Waals surface area (Å²) in [6, 6.07) is 3.40. The Bertz CT molecular complexity index is 741. The van der Waals surface area contributed by atoms with E-state index >= 15 is 0 Å². The van der Waals surface area contributed by atoms with Gasteiger partial charge in [0.1, 0.15) is 6.04 Å². The zero-order valence-electron chi connectivity index (χ0n) is 14.6. The predicted octanol–water partition coefficient (Wildman–Crippen LogP) is 1.91. The molecule has 3 rings (SSSR count). The van der Waals surface area contributed by atoms with Gasteiger partial charge in [-0.15, -0.1) is 0 Å².